The molecule has 1 aliphatic rings. The van der Waals surface area contributed by atoms with Crippen LogP contribution in [0.15, 0.2) is 42.5 Å². The van der Waals surface area contributed by atoms with Crippen molar-refractivity contribution in [3.8, 4) is 0 Å². The van der Waals surface area contributed by atoms with Crippen molar-refractivity contribution in [2.45, 2.75) is 18.9 Å². The van der Waals surface area contributed by atoms with Gasteiger partial charge in [0.1, 0.15) is 0 Å². The maximum absolute atomic E-state index is 3.99. The molecule has 0 amide bonds. The summed E-state index contributed by atoms with van der Waals surface area (Å²) in [6.45, 7) is 7.17. The highest BCUT2D eigenvalue weighted by Crippen LogP contribution is 2.29. The highest BCUT2D eigenvalue weighted by atomic mass is 15.0. The number of nitrogens with one attached hydrogen (secondary N) is 1. The van der Waals surface area contributed by atoms with Gasteiger partial charge in [-0.2, -0.15) is 0 Å². The molecule has 0 aromatic heterocycles. The molecule has 1 fully saturated rings. The van der Waals surface area contributed by atoms with Crippen LogP contribution < -0.4 is 5.32 Å². The molecule has 1 aromatic carbocycles. The lowest BCUT2D eigenvalue weighted by molar-refractivity contribution is 0.352. The normalized spacial score (nSPS) is 26.5. The van der Waals surface area contributed by atoms with Gasteiger partial charge in [0.05, 0.1) is 0 Å². The number of hydrogen-bond donors (Lipinski definition) is 1. The van der Waals surface area contributed by atoms with Crippen LogP contribution >= 0.6 is 0 Å². The summed E-state index contributed by atoms with van der Waals surface area (Å²) in [5, 5.41) is 3.39. The zero-order valence-electron chi connectivity index (χ0n) is 7.96. The summed E-state index contributed by atoms with van der Waals surface area (Å²) in [4.78, 5) is 0. The molecule has 2 rings (SSSR count). The molecule has 1 N–H and O–H groups in total. The Morgan fingerprint density at radius 2 is 2.08 bits per heavy atom. The minimum Gasteiger partial charge on any atom is -0.309 e. The van der Waals surface area contributed by atoms with Gasteiger partial charge >= 0.3 is 0 Å². The van der Waals surface area contributed by atoms with Gasteiger partial charge in [0.15, 0.2) is 0 Å². The first-order valence-corrected chi connectivity index (χ1v) is 4.73. The minimum absolute atomic E-state index is 0.488. The smallest absolute Gasteiger partial charge is 0.0355 e. The molecular weight excluding hydrogens is 158 g/mol. The highest BCUT2D eigenvalue weighted by molar-refractivity contribution is 5.29. The number of benzene rings is 1. The average molecular weight is 173 g/mol. The van der Waals surface area contributed by atoms with Gasteiger partial charge in [0.2, 0.25) is 0 Å². The van der Waals surface area contributed by atoms with E-state index in [4.69, 9.17) is 0 Å². The van der Waals surface area contributed by atoms with Crippen LogP contribution in [0.1, 0.15) is 18.4 Å². The second kappa shape index (κ2) is 3.35. The predicted molar refractivity (Wildman–Crippen MR) is 55.8 cm³/mol. The fourth-order valence-electron chi connectivity index (χ4n) is 1.88. The molecule has 1 nitrogen and oxygen atoms in total. The first-order valence-electron chi connectivity index (χ1n) is 4.73. The Bertz CT molecular complexity index is 302. The van der Waals surface area contributed by atoms with Crippen LogP contribution in [0.25, 0.3) is 0 Å². The third-order valence-electron chi connectivity index (χ3n) is 2.72. The van der Waals surface area contributed by atoms with E-state index in [9.17, 15) is 0 Å². The van der Waals surface area contributed by atoms with Gasteiger partial charge in [0.25, 0.3) is 0 Å². The lowest BCUT2D eigenvalue weighted by Gasteiger charge is -2.39. The summed E-state index contributed by atoms with van der Waals surface area (Å²) in [5.41, 5.74) is 2.66. The Balaban J connectivity index is 2.15. The van der Waals surface area contributed by atoms with E-state index in [2.05, 4.69) is 49.2 Å². The van der Waals surface area contributed by atoms with Gasteiger partial charge in [-0.1, -0.05) is 42.5 Å². The quantitative estimate of drug-likeness (QED) is 0.677. The molecular formula is C12H15N. The minimum atomic E-state index is 0.488. The third-order valence-corrected chi connectivity index (χ3v) is 2.72. The van der Waals surface area contributed by atoms with Gasteiger partial charge in [-0.25, -0.2) is 0 Å². The summed E-state index contributed by atoms with van der Waals surface area (Å²) in [5.74, 6) is 0.638. The van der Waals surface area contributed by atoms with Crippen molar-refractivity contribution < 1.29 is 0 Å². The molecule has 1 heteroatoms. The summed E-state index contributed by atoms with van der Waals surface area (Å²) < 4.78 is 0. The van der Waals surface area contributed by atoms with Gasteiger partial charge in [-0.05, 0) is 12.5 Å². The van der Waals surface area contributed by atoms with Crippen LogP contribution in [0.3, 0.4) is 0 Å². The number of rotatable bonds is 2. The van der Waals surface area contributed by atoms with Gasteiger partial charge < -0.3 is 5.32 Å². The molecule has 1 aliphatic heterocycles. The summed E-state index contributed by atoms with van der Waals surface area (Å²) in [6, 6.07) is 11.1. The summed E-state index contributed by atoms with van der Waals surface area (Å²) >= 11 is 0. The lowest BCUT2D eigenvalue weighted by Crippen LogP contribution is -2.51. The largest absolute Gasteiger partial charge is 0.309 e. The van der Waals surface area contributed by atoms with Crippen molar-refractivity contribution in [2.24, 2.45) is 0 Å². The molecule has 2 unspecified atom stereocenters. The van der Waals surface area contributed by atoms with Gasteiger partial charge in [0, 0.05) is 18.5 Å². The molecule has 0 aliphatic carbocycles. The molecule has 2 atom stereocenters. The maximum atomic E-state index is 3.99. The Hall–Kier alpha value is -1.08. The Morgan fingerprint density at radius 3 is 2.54 bits per heavy atom. The zero-order valence-corrected chi connectivity index (χ0v) is 7.96. The van der Waals surface area contributed by atoms with Crippen molar-refractivity contribution in [3.63, 3.8) is 0 Å². The van der Waals surface area contributed by atoms with E-state index >= 15 is 0 Å². The van der Waals surface area contributed by atoms with Crippen LogP contribution in [0.4, 0.5) is 0 Å². The van der Waals surface area contributed by atoms with E-state index in [1.165, 1.54) is 11.1 Å². The van der Waals surface area contributed by atoms with Crippen LogP contribution in [-0.4, -0.2) is 12.6 Å². The standard InChI is InChI=1S/C12H15N/c1-9(2)12-11(8-13-12)10-6-4-3-5-7-10/h3-7,11-13H,1,8H2,2H3. The van der Waals surface area contributed by atoms with Gasteiger partial charge in [-0.15, -0.1) is 0 Å². The predicted octanol–water partition coefficient (Wildman–Crippen LogP) is 2.32. The second-order valence-corrected chi connectivity index (χ2v) is 3.75. The monoisotopic (exact) mass is 173 g/mol. The van der Waals surface area contributed by atoms with E-state index in [1.54, 1.807) is 0 Å². The van der Waals surface area contributed by atoms with Crippen LogP contribution in [0, 0.1) is 0 Å². The highest BCUT2D eigenvalue weighted by Gasteiger charge is 2.31. The molecule has 1 saturated heterocycles. The Labute approximate surface area is 79.5 Å². The average Bonchev–Trinajstić information content (AvgIpc) is 2.02. The first kappa shape index (κ1) is 8.52. The zero-order chi connectivity index (χ0) is 9.26. The summed E-state index contributed by atoms with van der Waals surface area (Å²) in [7, 11) is 0. The van der Waals surface area contributed by atoms with E-state index < -0.39 is 0 Å². The molecule has 1 aromatic rings. The first-order chi connectivity index (χ1) is 6.29. The second-order valence-electron chi connectivity index (χ2n) is 3.75. The van der Waals surface area contributed by atoms with Crippen LogP contribution in [0.5, 0.6) is 0 Å². The van der Waals surface area contributed by atoms with Gasteiger partial charge in [-0.3, -0.25) is 0 Å². The Morgan fingerprint density at radius 1 is 1.38 bits per heavy atom. The van der Waals surface area contributed by atoms with Crippen molar-refractivity contribution >= 4 is 0 Å². The fourth-order valence-corrected chi connectivity index (χ4v) is 1.88. The van der Waals surface area contributed by atoms with Crippen LogP contribution in [-0.2, 0) is 0 Å². The fraction of sp³-hybridized carbons (Fsp3) is 0.333. The topological polar surface area (TPSA) is 12.0 Å². The summed E-state index contributed by atoms with van der Waals surface area (Å²) in [6.07, 6.45) is 0. The van der Waals surface area contributed by atoms with E-state index in [1.807, 2.05) is 0 Å². The molecule has 1 heterocycles. The van der Waals surface area contributed by atoms with Crippen molar-refractivity contribution in [3.05, 3.63) is 48.0 Å². The van der Waals surface area contributed by atoms with E-state index in [0.29, 0.717) is 12.0 Å². The lowest BCUT2D eigenvalue weighted by atomic mass is 9.82. The third kappa shape index (κ3) is 1.52. The van der Waals surface area contributed by atoms with Crippen molar-refractivity contribution in [1.29, 1.82) is 0 Å². The maximum Gasteiger partial charge on any atom is 0.0355 e. The van der Waals surface area contributed by atoms with E-state index in [-0.39, 0.29) is 0 Å². The Kier molecular flexibility index (Phi) is 2.19. The SMILES string of the molecule is C=C(C)C1NCC1c1ccccc1. The molecule has 68 valence electrons. The molecule has 0 radical (unpaired) electrons. The van der Waals surface area contributed by atoms with Crippen LogP contribution in [0.2, 0.25) is 0 Å². The molecule has 0 spiro atoms. The molecule has 13 heavy (non-hydrogen) atoms. The van der Waals surface area contributed by atoms with Crippen molar-refractivity contribution in [2.75, 3.05) is 6.54 Å². The molecule has 0 saturated carbocycles. The number of hydrogen-bond acceptors (Lipinski definition) is 1. The van der Waals surface area contributed by atoms with Crippen molar-refractivity contribution in [1.82, 2.24) is 5.32 Å². The molecule has 0 bridgehead atoms. The van der Waals surface area contributed by atoms with E-state index in [0.717, 1.165) is 6.54 Å².